The van der Waals surface area contributed by atoms with E-state index in [0.29, 0.717) is 6.42 Å². The van der Waals surface area contributed by atoms with E-state index in [1.54, 1.807) is 20.8 Å². The van der Waals surface area contributed by atoms with Gasteiger partial charge in [-0.15, -0.1) is 0 Å². The van der Waals surface area contributed by atoms with Gasteiger partial charge in [0.05, 0.1) is 10.5 Å². The minimum Gasteiger partial charge on any atom is -0.327 e. The van der Waals surface area contributed by atoms with Crippen molar-refractivity contribution in [3.05, 3.63) is 0 Å². The van der Waals surface area contributed by atoms with Crippen LogP contribution in [0.25, 0.3) is 0 Å². The number of unbranched alkanes of at least 4 members (excludes halogenated alkanes) is 1. The lowest BCUT2D eigenvalue weighted by atomic mass is 9.84. The van der Waals surface area contributed by atoms with Crippen LogP contribution in [0.1, 0.15) is 60.8 Å². The summed E-state index contributed by atoms with van der Waals surface area (Å²) in [7, 11) is -2.97. The fourth-order valence-electron chi connectivity index (χ4n) is 1.40. The lowest BCUT2D eigenvalue weighted by molar-refractivity contribution is 0.300. The molecule has 3 nitrogen and oxygen atoms in total. The second-order valence-corrected chi connectivity index (χ2v) is 9.76. The van der Waals surface area contributed by atoms with E-state index < -0.39 is 14.6 Å². The fourth-order valence-corrected chi connectivity index (χ4v) is 2.59. The molecule has 2 N–H and O–H groups in total. The third kappa shape index (κ3) is 5.87. The molecule has 104 valence electrons. The first-order chi connectivity index (χ1) is 7.38. The first-order valence-corrected chi connectivity index (χ1v) is 8.01. The minimum absolute atomic E-state index is 0.100. The fraction of sp³-hybridized carbons (Fsp3) is 1.00. The Morgan fingerprint density at radius 2 is 1.47 bits per heavy atom. The van der Waals surface area contributed by atoms with Crippen LogP contribution < -0.4 is 5.73 Å². The Hall–Kier alpha value is -0.0900. The van der Waals surface area contributed by atoms with Crippen molar-refractivity contribution in [3.8, 4) is 0 Å². The molecule has 17 heavy (non-hydrogen) atoms. The van der Waals surface area contributed by atoms with E-state index in [1.807, 2.05) is 0 Å². The molecular formula is C13H29NO2S. The lowest BCUT2D eigenvalue weighted by Gasteiger charge is -2.27. The Bertz CT molecular complexity index is 320. The first kappa shape index (κ1) is 16.9. The van der Waals surface area contributed by atoms with Gasteiger partial charge in [-0.2, -0.15) is 0 Å². The van der Waals surface area contributed by atoms with E-state index in [-0.39, 0.29) is 17.2 Å². The van der Waals surface area contributed by atoms with Crippen LogP contribution in [0.15, 0.2) is 0 Å². The van der Waals surface area contributed by atoms with Crippen molar-refractivity contribution >= 4 is 9.84 Å². The highest BCUT2D eigenvalue weighted by Crippen LogP contribution is 2.22. The van der Waals surface area contributed by atoms with Crippen LogP contribution in [-0.4, -0.2) is 25.0 Å². The smallest absolute Gasteiger partial charge is 0.155 e. The molecule has 1 atom stereocenters. The average Bonchev–Trinajstić information content (AvgIpc) is 2.08. The summed E-state index contributed by atoms with van der Waals surface area (Å²) in [4.78, 5) is 0. The summed E-state index contributed by atoms with van der Waals surface area (Å²) in [6, 6.07) is 0.139. The summed E-state index contributed by atoms with van der Waals surface area (Å²) >= 11 is 0. The molecule has 0 aliphatic carbocycles. The molecule has 0 fully saturated rings. The van der Waals surface area contributed by atoms with Crippen LogP contribution in [0.2, 0.25) is 0 Å². The molecule has 0 amide bonds. The normalized spacial score (nSPS) is 15.9. The molecule has 1 unspecified atom stereocenters. The van der Waals surface area contributed by atoms with Gasteiger partial charge in [-0.3, -0.25) is 0 Å². The topological polar surface area (TPSA) is 60.2 Å². The third-order valence-electron chi connectivity index (χ3n) is 3.22. The van der Waals surface area contributed by atoms with Crippen molar-refractivity contribution in [2.24, 2.45) is 11.1 Å². The quantitative estimate of drug-likeness (QED) is 0.776. The Balaban J connectivity index is 4.04. The molecule has 0 bridgehead atoms. The monoisotopic (exact) mass is 263 g/mol. The van der Waals surface area contributed by atoms with E-state index in [0.717, 1.165) is 12.8 Å². The molecule has 0 spiro atoms. The van der Waals surface area contributed by atoms with Gasteiger partial charge in [0.25, 0.3) is 0 Å². The number of hydrogen-bond donors (Lipinski definition) is 1. The van der Waals surface area contributed by atoms with Gasteiger partial charge in [0.15, 0.2) is 9.84 Å². The molecule has 0 saturated heterocycles. The maximum Gasteiger partial charge on any atom is 0.155 e. The van der Waals surface area contributed by atoms with Crippen LogP contribution in [0.5, 0.6) is 0 Å². The van der Waals surface area contributed by atoms with E-state index in [4.69, 9.17) is 5.73 Å². The summed E-state index contributed by atoms with van der Waals surface area (Å²) in [6.45, 7) is 11.6. The highest BCUT2D eigenvalue weighted by Gasteiger charge is 2.28. The van der Waals surface area contributed by atoms with Crippen molar-refractivity contribution in [1.29, 1.82) is 0 Å². The summed E-state index contributed by atoms with van der Waals surface area (Å²) in [6.07, 6.45) is 2.49. The molecule has 0 aliphatic rings. The standard InChI is InChI=1S/C13H29NO2S/c1-12(2,3)11(14)9-7-8-10-17(15,16)13(4,5)6/h11H,7-10,14H2,1-6H3. The molecule has 0 aliphatic heterocycles. The van der Waals surface area contributed by atoms with Gasteiger partial charge in [0.2, 0.25) is 0 Å². The van der Waals surface area contributed by atoms with Crippen molar-refractivity contribution in [2.75, 3.05) is 5.75 Å². The van der Waals surface area contributed by atoms with Gasteiger partial charge >= 0.3 is 0 Å². The van der Waals surface area contributed by atoms with Crippen molar-refractivity contribution < 1.29 is 8.42 Å². The predicted octanol–water partition coefficient (Wildman–Crippen LogP) is 2.74. The van der Waals surface area contributed by atoms with Crippen molar-refractivity contribution in [2.45, 2.75) is 71.6 Å². The van der Waals surface area contributed by atoms with Gasteiger partial charge < -0.3 is 5.73 Å². The van der Waals surface area contributed by atoms with E-state index in [1.165, 1.54) is 0 Å². The second-order valence-electron chi connectivity index (χ2n) is 6.90. The van der Waals surface area contributed by atoms with Crippen LogP contribution in [0, 0.1) is 5.41 Å². The van der Waals surface area contributed by atoms with Gasteiger partial charge in [0, 0.05) is 6.04 Å². The summed E-state index contributed by atoms with van der Waals surface area (Å²) in [5.41, 5.74) is 6.14. The van der Waals surface area contributed by atoms with Crippen LogP contribution in [-0.2, 0) is 9.84 Å². The lowest BCUT2D eigenvalue weighted by Crippen LogP contribution is -2.35. The van der Waals surface area contributed by atoms with Gasteiger partial charge in [-0.1, -0.05) is 27.2 Å². The Kier molecular flexibility index (Phi) is 5.67. The zero-order valence-corrected chi connectivity index (χ0v) is 13.0. The summed E-state index contributed by atoms with van der Waals surface area (Å²) in [5, 5.41) is 0. The van der Waals surface area contributed by atoms with Gasteiger partial charge in [0.1, 0.15) is 0 Å². The highest BCUT2D eigenvalue weighted by molar-refractivity contribution is 7.92. The average molecular weight is 263 g/mol. The molecule has 0 aromatic carbocycles. The molecule has 0 aromatic heterocycles. The number of nitrogens with two attached hydrogens (primary N) is 1. The molecule has 0 heterocycles. The Morgan fingerprint density at radius 1 is 1.00 bits per heavy atom. The van der Waals surface area contributed by atoms with Crippen LogP contribution in [0.4, 0.5) is 0 Å². The Labute approximate surface area is 107 Å². The molecule has 4 heteroatoms. The van der Waals surface area contributed by atoms with Gasteiger partial charge in [-0.05, 0) is 39.0 Å². The first-order valence-electron chi connectivity index (χ1n) is 6.36. The van der Waals surface area contributed by atoms with E-state index >= 15 is 0 Å². The predicted molar refractivity (Wildman–Crippen MR) is 74.8 cm³/mol. The molecule has 0 saturated carbocycles. The van der Waals surface area contributed by atoms with E-state index in [2.05, 4.69) is 20.8 Å². The second kappa shape index (κ2) is 5.70. The SMILES string of the molecule is CC(C)(C)C(N)CCCCS(=O)(=O)C(C)(C)C. The minimum atomic E-state index is -2.97. The maximum absolute atomic E-state index is 11.9. The molecular weight excluding hydrogens is 234 g/mol. The summed E-state index contributed by atoms with van der Waals surface area (Å²) < 4.78 is 23.1. The van der Waals surface area contributed by atoms with Gasteiger partial charge in [-0.25, -0.2) is 8.42 Å². The van der Waals surface area contributed by atoms with E-state index in [9.17, 15) is 8.42 Å². The van der Waals surface area contributed by atoms with Crippen LogP contribution >= 0.6 is 0 Å². The molecule has 0 radical (unpaired) electrons. The zero-order valence-electron chi connectivity index (χ0n) is 12.2. The van der Waals surface area contributed by atoms with Crippen LogP contribution in [0.3, 0.4) is 0 Å². The summed E-state index contributed by atoms with van der Waals surface area (Å²) in [5.74, 6) is 0.271. The highest BCUT2D eigenvalue weighted by atomic mass is 32.2. The maximum atomic E-state index is 11.9. The van der Waals surface area contributed by atoms with Crippen molar-refractivity contribution in [3.63, 3.8) is 0 Å². The largest absolute Gasteiger partial charge is 0.327 e. The Morgan fingerprint density at radius 3 is 1.82 bits per heavy atom. The number of hydrogen-bond acceptors (Lipinski definition) is 3. The van der Waals surface area contributed by atoms with Crippen molar-refractivity contribution in [1.82, 2.24) is 0 Å². The zero-order chi connectivity index (χ0) is 13.9. The number of sulfone groups is 1. The molecule has 0 aromatic rings. The third-order valence-corrected chi connectivity index (χ3v) is 5.92. The molecule has 0 rings (SSSR count). The number of rotatable bonds is 5.